The highest BCUT2D eigenvalue weighted by Crippen LogP contribution is 2.24. The van der Waals surface area contributed by atoms with Crippen LogP contribution in [0.25, 0.3) is 11.5 Å². The first-order chi connectivity index (χ1) is 10.1. The summed E-state index contributed by atoms with van der Waals surface area (Å²) in [5.41, 5.74) is 0.809. The summed E-state index contributed by atoms with van der Waals surface area (Å²) in [6.07, 6.45) is 0.0698. The third-order valence-electron chi connectivity index (χ3n) is 2.72. The van der Waals surface area contributed by atoms with Gasteiger partial charge >= 0.3 is 0 Å². The molecule has 0 spiro atoms. The second-order valence-corrected chi connectivity index (χ2v) is 6.84. The van der Waals surface area contributed by atoms with Crippen LogP contribution in [0.5, 0.6) is 0 Å². The topological polar surface area (TPSA) is 56.0 Å². The number of rotatable bonds is 4. The Morgan fingerprint density at radius 3 is 2.62 bits per heavy atom. The van der Waals surface area contributed by atoms with E-state index in [4.69, 9.17) is 16.0 Å². The van der Waals surface area contributed by atoms with Gasteiger partial charge in [0.2, 0.25) is 11.8 Å². The van der Waals surface area contributed by atoms with Gasteiger partial charge in [-0.25, -0.2) is 0 Å². The molecular weight excluding hydrogens is 376 g/mol. The Labute approximate surface area is 137 Å². The van der Waals surface area contributed by atoms with E-state index in [2.05, 4.69) is 26.1 Å². The van der Waals surface area contributed by atoms with E-state index in [-0.39, 0.29) is 12.2 Å². The number of aromatic nitrogens is 2. The van der Waals surface area contributed by atoms with E-state index >= 15 is 0 Å². The molecule has 106 valence electrons. The summed E-state index contributed by atoms with van der Waals surface area (Å²) in [5.74, 6) is 0.606. The van der Waals surface area contributed by atoms with Crippen LogP contribution in [0.2, 0.25) is 4.34 Å². The molecule has 0 unspecified atom stereocenters. The first-order valence-corrected chi connectivity index (χ1v) is 7.97. The molecular formula is C14H8BrClN2O2S. The number of thiophene rings is 1. The minimum Gasteiger partial charge on any atom is -0.420 e. The predicted octanol–water partition coefficient (Wildman–Crippen LogP) is 4.64. The Kier molecular flexibility index (Phi) is 4.19. The molecule has 0 aliphatic carbocycles. The van der Waals surface area contributed by atoms with Crippen LogP contribution in [-0.2, 0) is 6.42 Å². The van der Waals surface area contributed by atoms with Crippen molar-refractivity contribution in [2.45, 2.75) is 6.42 Å². The molecule has 3 aromatic rings. The van der Waals surface area contributed by atoms with Gasteiger partial charge in [-0.3, -0.25) is 4.79 Å². The number of halogens is 2. The number of Topliss-reactive ketones (excluding diaryl/α,β-unsaturated/α-hetero) is 1. The fourth-order valence-corrected chi connectivity index (χ4v) is 2.97. The Morgan fingerprint density at radius 2 is 1.95 bits per heavy atom. The zero-order valence-electron chi connectivity index (χ0n) is 10.5. The summed E-state index contributed by atoms with van der Waals surface area (Å²) >= 11 is 10.4. The maximum Gasteiger partial charge on any atom is 0.247 e. The molecule has 2 aromatic heterocycles. The zero-order chi connectivity index (χ0) is 14.8. The first-order valence-electron chi connectivity index (χ1n) is 5.98. The number of benzene rings is 1. The average Bonchev–Trinajstić information content (AvgIpc) is 3.09. The minimum atomic E-state index is -0.0853. The van der Waals surface area contributed by atoms with E-state index in [1.807, 2.05) is 24.3 Å². The molecule has 0 aliphatic heterocycles. The normalized spacial score (nSPS) is 10.8. The third kappa shape index (κ3) is 3.40. The molecule has 2 heterocycles. The molecule has 4 nitrogen and oxygen atoms in total. The van der Waals surface area contributed by atoms with Gasteiger partial charge in [0.1, 0.15) is 0 Å². The summed E-state index contributed by atoms with van der Waals surface area (Å²) < 4.78 is 7.07. The van der Waals surface area contributed by atoms with Gasteiger partial charge in [0.15, 0.2) is 5.78 Å². The summed E-state index contributed by atoms with van der Waals surface area (Å²) in [5, 5.41) is 7.87. The van der Waals surface area contributed by atoms with Crippen molar-refractivity contribution in [1.29, 1.82) is 0 Å². The number of carbonyl (C=O) groups excluding carboxylic acids is 1. The molecule has 0 atom stereocenters. The molecule has 0 radical (unpaired) electrons. The lowest BCUT2D eigenvalue weighted by atomic mass is 10.2. The number of ketones is 1. The molecule has 0 bridgehead atoms. The molecule has 1 aromatic carbocycles. The first kappa shape index (κ1) is 14.4. The highest BCUT2D eigenvalue weighted by atomic mass is 79.9. The van der Waals surface area contributed by atoms with E-state index in [1.54, 1.807) is 12.1 Å². The minimum absolute atomic E-state index is 0.0698. The quantitative estimate of drug-likeness (QED) is 0.616. The van der Waals surface area contributed by atoms with Gasteiger partial charge in [0.05, 0.1) is 15.6 Å². The molecule has 7 heteroatoms. The van der Waals surface area contributed by atoms with E-state index in [0.717, 1.165) is 10.0 Å². The van der Waals surface area contributed by atoms with Crippen LogP contribution in [0.4, 0.5) is 0 Å². The van der Waals surface area contributed by atoms with Crippen LogP contribution in [0.1, 0.15) is 15.6 Å². The van der Waals surface area contributed by atoms with Crippen molar-refractivity contribution in [2.24, 2.45) is 0 Å². The van der Waals surface area contributed by atoms with Crippen molar-refractivity contribution in [1.82, 2.24) is 10.2 Å². The van der Waals surface area contributed by atoms with Crippen LogP contribution in [0, 0.1) is 0 Å². The molecule has 0 N–H and O–H groups in total. The summed E-state index contributed by atoms with van der Waals surface area (Å²) in [7, 11) is 0. The van der Waals surface area contributed by atoms with E-state index in [1.165, 1.54) is 11.3 Å². The third-order valence-corrected chi connectivity index (χ3v) is 4.52. The second-order valence-electron chi connectivity index (χ2n) is 4.21. The summed E-state index contributed by atoms with van der Waals surface area (Å²) in [6.45, 7) is 0. The maximum absolute atomic E-state index is 12.0. The standard InChI is InChI=1S/C14H8BrClN2O2S/c15-9-3-1-8(2-4-9)14-18-17-13(20-14)7-10(19)11-5-6-12(16)21-11/h1-6H,7H2. The van der Waals surface area contributed by atoms with Crippen molar-refractivity contribution in [3.63, 3.8) is 0 Å². The van der Waals surface area contributed by atoms with Crippen molar-refractivity contribution < 1.29 is 9.21 Å². The van der Waals surface area contributed by atoms with Crippen LogP contribution >= 0.6 is 38.9 Å². The Morgan fingerprint density at radius 1 is 1.19 bits per heavy atom. The van der Waals surface area contributed by atoms with Crippen LogP contribution in [0.3, 0.4) is 0 Å². The van der Waals surface area contributed by atoms with Gasteiger partial charge in [0, 0.05) is 10.0 Å². The smallest absolute Gasteiger partial charge is 0.247 e. The monoisotopic (exact) mass is 382 g/mol. The largest absolute Gasteiger partial charge is 0.420 e. The zero-order valence-corrected chi connectivity index (χ0v) is 13.7. The van der Waals surface area contributed by atoms with Crippen molar-refractivity contribution in [2.75, 3.05) is 0 Å². The lowest BCUT2D eigenvalue weighted by Gasteiger charge is -1.95. The Bertz CT molecular complexity index is 782. The van der Waals surface area contributed by atoms with Crippen LogP contribution in [0.15, 0.2) is 45.3 Å². The van der Waals surface area contributed by atoms with Crippen LogP contribution < -0.4 is 0 Å². The van der Waals surface area contributed by atoms with Gasteiger partial charge in [-0.1, -0.05) is 27.5 Å². The van der Waals surface area contributed by atoms with Crippen molar-refractivity contribution in [3.05, 3.63) is 56.0 Å². The molecule has 0 amide bonds. The van der Waals surface area contributed by atoms with Gasteiger partial charge < -0.3 is 4.42 Å². The molecule has 0 aliphatic rings. The highest BCUT2D eigenvalue weighted by Gasteiger charge is 2.15. The Balaban J connectivity index is 1.76. The predicted molar refractivity (Wildman–Crippen MR) is 84.8 cm³/mol. The second kappa shape index (κ2) is 6.09. The summed E-state index contributed by atoms with van der Waals surface area (Å²) in [4.78, 5) is 12.6. The molecule has 21 heavy (non-hydrogen) atoms. The maximum atomic E-state index is 12.0. The lowest BCUT2D eigenvalue weighted by molar-refractivity contribution is 0.0989. The van der Waals surface area contributed by atoms with Gasteiger partial charge in [-0.05, 0) is 36.4 Å². The van der Waals surface area contributed by atoms with E-state index in [0.29, 0.717) is 21.0 Å². The highest BCUT2D eigenvalue weighted by molar-refractivity contribution is 9.10. The fraction of sp³-hybridized carbons (Fsp3) is 0.0714. The number of nitrogens with zero attached hydrogens (tertiary/aromatic N) is 2. The van der Waals surface area contributed by atoms with Gasteiger partial charge in [-0.15, -0.1) is 21.5 Å². The summed E-state index contributed by atoms with van der Waals surface area (Å²) in [6, 6.07) is 10.9. The van der Waals surface area contributed by atoms with Crippen molar-refractivity contribution >= 4 is 44.7 Å². The van der Waals surface area contributed by atoms with Crippen molar-refractivity contribution in [3.8, 4) is 11.5 Å². The van der Waals surface area contributed by atoms with Gasteiger partial charge in [-0.2, -0.15) is 0 Å². The SMILES string of the molecule is O=C(Cc1nnc(-c2ccc(Br)cc2)o1)c1ccc(Cl)s1. The fourth-order valence-electron chi connectivity index (χ4n) is 1.72. The van der Waals surface area contributed by atoms with Crippen LogP contribution in [-0.4, -0.2) is 16.0 Å². The Hall–Kier alpha value is -1.50. The lowest BCUT2D eigenvalue weighted by Crippen LogP contribution is -2.01. The number of hydrogen-bond donors (Lipinski definition) is 0. The molecule has 3 rings (SSSR count). The number of hydrogen-bond acceptors (Lipinski definition) is 5. The molecule has 0 saturated carbocycles. The van der Waals surface area contributed by atoms with E-state index < -0.39 is 0 Å². The molecule has 0 fully saturated rings. The number of carbonyl (C=O) groups is 1. The molecule has 0 saturated heterocycles. The average molecular weight is 384 g/mol. The van der Waals surface area contributed by atoms with E-state index in [9.17, 15) is 4.79 Å². The van der Waals surface area contributed by atoms with Gasteiger partial charge in [0.25, 0.3) is 0 Å².